The third-order valence-electron chi connectivity index (χ3n) is 3.73. The van der Waals surface area contributed by atoms with Crippen LogP contribution in [0.3, 0.4) is 0 Å². The molecule has 2 rings (SSSR count). The van der Waals surface area contributed by atoms with E-state index in [-0.39, 0.29) is 6.03 Å². The minimum Gasteiger partial charge on any atom is -0.334 e. The third kappa shape index (κ3) is 3.62. The summed E-state index contributed by atoms with van der Waals surface area (Å²) in [5.74, 6) is 0. The summed E-state index contributed by atoms with van der Waals surface area (Å²) in [5, 5.41) is 3.55. The van der Waals surface area contributed by atoms with Gasteiger partial charge in [-0.1, -0.05) is 6.42 Å². The monoisotopic (exact) mass is 279 g/mol. The van der Waals surface area contributed by atoms with Crippen LogP contribution in [0, 0.1) is 0 Å². The van der Waals surface area contributed by atoms with E-state index < -0.39 is 0 Å². The number of aromatic nitrogens is 1. The summed E-state index contributed by atoms with van der Waals surface area (Å²) >= 11 is 1.87. The van der Waals surface area contributed by atoms with Gasteiger partial charge >= 0.3 is 6.03 Å². The highest BCUT2D eigenvalue weighted by atomic mass is 32.2. The van der Waals surface area contributed by atoms with E-state index in [0.717, 1.165) is 12.0 Å². The summed E-state index contributed by atoms with van der Waals surface area (Å²) in [4.78, 5) is 18.0. The van der Waals surface area contributed by atoms with Crippen LogP contribution in [-0.4, -0.2) is 40.5 Å². The first-order valence-electron chi connectivity index (χ1n) is 6.64. The Morgan fingerprint density at radius 1 is 1.47 bits per heavy atom. The Balaban J connectivity index is 1.85. The molecule has 1 aromatic rings. The molecule has 0 radical (unpaired) electrons. The number of thioether (sulfide) groups is 1. The Hall–Kier alpha value is -1.23. The minimum absolute atomic E-state index is 0.0164. The molecule has 1 fully saturated rings. The van der Waals surface area contributed by atoms with Gasteiger partial charge in [0, 0.05) is 37.3 Å². The molecule has 1 saturated carbocycles. The minimum atomic E-state index is 0.0164. The van der Waals surface area contributed by atoms with Gasteiger partial charge in [-0.15, -0.1) is 0 Å². The Kier molecular flexibility index (Phi) is 5.07. The average Bonchev–Trinajstić information content (AvgIpc) is 2.93. The van der Waals surface area contributed by atoms with Gasteiger partial charge in [0.15, 0.2) is 0 Å². The van der Waals surface area contributed by atoms with Crippen LogP contribution in [0.1, 0.15) is 24.8 Å². The molecule has 4 nitrogen and oxygen atoms in total. The average molecular weight is 279 g/mol. The maximum Gasteiger partial charge on any atom is 0.317 e. The molecule has 19 heavy (non-hydrogen) atoms. The zero-order chi connectivity index (χ0) is 13.7. The zero-order valence-electron chi connectivity index (χ0n) is 11.5. The zero-order valence-corrected chi connectivity index (χ0v) is 12.3. The van der Waals surface area contributed by atoms with E-state index in [1.165, 1.54) is 12.8 Å². The van der Waals surface area contributed by atoms with Gasteiger partial charge in [-0.3, -0.25) is 4.98 Å². The molecule has 2 amide bonds. The molecule has 0 bridgehead atoms. The van der Waals surface area contributed by atoms with Gasteiger partial charge < -0.3 is 10.2 Å². The van der Waals surface area contributed by atoms with E-state index in [1.807, 2.05) is 35.8 Å². The van der Waals surface area contributed by atoms with Crippen molar-refractivity contribution in [3.8, 4) is 0 Å². The Morgan fingerprint density at radius 3 is 2.89 bits per heavy atom. The molecule has 1 aromatic heterocycles. The first kappa shape index (κ1) is 14.2. The number of carbonyl (C=O) groups excluding carboxylic acids is 1. The van der Waals surface area contributed by atoms with Gasteiger partial charge in [0.05, 0.1) is 0 Å². The number of hydrogen-bond acceptors (Lipinski definition) is 3. The molecule has 1 aliphatic carbocycles. The second-order valence-electron chi connectivity index (χ2n) is 4.90. The van der Waals surface area contributed by atoms with E-state index in [9.17, 15) is 4.79 Å². The number of pyridine rings is 1. The van der Waals surface area contributed by atoms with Crippen molar-refractivity contribution >= 4 is 17.8 Å². The highest BCUT2D eigenvalue weighted by Gasteiger charge is 2.31. The quantitative estimate of drug-likeness (QED) is 0.921. The number of hydrogen-bond donors (Lipinski definition) is 1. The molecule has 0 aromatic carbocycles. The van der Waals surface area contributed by atoms with Crippen LogP contribution < -0.4 is 5.32 Å². The number of urea groups is 1. The van der Waals surface area contributed by atoms with Crippen molar-refractivity contribution < 1.29 is 4.79 Å². The SMILES string of the molecule is CSC1CCCC1N(C)C(=O)NCc1ccncc1. The fourth-order valence-electron chi connectivity index (χ4n) is 2.58. The van der Waals surface area contributed by atoms with Crippen LogP contribution in [0.5, 0.6) is 0 Å². The van der Waals surface area contributed by atoms with Crippen LogP contribution in [-0.2, 0) is 6.54 Å². The largest absolute Gasteiger partial charge is 0.334 e. The molecule has 2 atom stereocenters. The summed E-state index contributed by atoms with van der Waals surface area (Å²) in [6.07, 6.45) is 9.17. The summed E-state index contributed by atoms with van der Waals surface area (Å²) in [5.41, 5.74) is 1.07. The molecular formula is C14H21N3OS. The van der Waals surface area contributed by atoms with E-state index >= 15 is 0 Å². The molecule has 0 saturated heterocycles. The van der Waals surface area contributed by atoms with Crippen LogP contribution in [0.15, 0.2) is 24.5 Å². The first-order valence-corrected chi connectivity index (χ1v) is 7.93. The van der Waals surface area contributed by atoms with Crippen LogP contribution in [0.4, 0.5) is 4.79 Å². The van der Waals surface area contributed by atoms with Crippen molar-refractivity contribution in [1.82, 2.24) is 15.2 Å². The lowest BCUT2D eigenvalue weighted by atomic mass is 10.2. The lowest BCUT2D eigenvalue weighted by Crippen LogP contribution is -2.45. The highest BCUT2D eigenvalue weighted by molar-refractivity contribution is 7.99. The molecule has 5 heteroatoms. The van der Waals surface area contributed by atoms with Gasteiger partial charge in [-0.2, -0.15) is 11.8 Å². The molecule has 0 aliphatic heterocycles. The Bertz CT molecular complexity index is 412. The number of rotatable bonds is 4. The molecule has 1 N–H and O–H groups in total. The summed E-state index contributed by atoms with van der Waals surface area (Å²) in [6, 6.07) is 4.22. The molecular weight excluding hydrogens is 258 g/mol. The third-order valence-corrected chi connectivity index (χ3v) is 4.89. The lowest BCUT2D eigenvalue weighted by molar-refractivity contribution is 0.191. The Morgan fingerprint density at radius 2 is 2.21 bits per heavy atom. The fourth-order valence-corrected chi connectivity index (χ4v) is 3.61. The summed E-state index contributed by atoms with van der Waals surface area (Å²) < 4.78 is 0. The first-order chi connectivity index (χ1) is 9.22. The van der Waals surface area contributed by atoms with E-state index in [1.54, 1.807) is 12.4 Å². The van der Waals surface area contributed by atoms with E-state index in [0.29, 0.717) is 17.8 Å². The molecule has 104 valence electrons. The predicted octanol–water partition coefficient (Wildman–Crippen LogP) is 2.51. The van der Waals surface area contributed by atoms with Gasteiger partial charge in [-0.25, -0.2) is 4.79 Å². The smallest absolute Gasteiger partial charge is 0.317 e. The van der Waals surface area contributed by atoms with Crippen molar-refractivity contribution in [3.63, 3.8) is 0 Å². The molecule has 1 heterocycles. The van der Waals surface area contributed by atoms with Crippen LogP contribution >= 0.6 is 11.8 Å². The Labute approximate surface area is 119 Å². The van der Waals surface area contributed by atoms with Crippen LogP contribution in [0.25, 0.3) is 0 Å². The van der Waals surface area contributed by atoms with Gasteiger partial charge in [0.25, 0.3) is 0 Å². The number of nitrogens with one attached hydrogen (secondary N) is 1. The van der Waals surface area contributed by atoms with Crippen molar-refractivity contribution in [2.45, 2.75) is 37.1 Å². The topological polar surface area (TPSA) is 45.2 Å². The van der Waals surface area contributed by atoms with Crippen molar-refractivity contribution in [1.29, 1.82) is 0 Å². The standard InChI is InChI=1S/C14H21N3OS/c1-17(12-4-3-5-13(12)19-2)14(18)16-10-11-6-8-15-9-7-11/h6-9,12-13H,3-5,10H2,1-2H3,(H,16,18). The van der Waals surface area contributed by atoms with Crippen molar-refractivity contribution in [2.75, 3.05) is 13.3 Å². The second-order valence-corrected chi connectivity index (χ2v) is 5.97. The molecule has 2 unspecified atom stereocenters. The van der Waals surface area contributed by atoms with E-state index in [4.69, 9.17) is 0 Å². The number of carbonyl (C=O) groups is 1. The summed E-state index contributed by atoms with van der Waals surface area (Å²) in [6.45, 7) is 0.558. The number of amides is 2. The highest BCUT2D eigenvalue weighted by Crippen LogP contribution is 2.31. The number of nitrogens with zero attached hydrogens (tertiary/aromatic N) is 2. The fraction of sp³-hybridized carbons (Fsp3) is 0.571. The normalized spacial score (nSPS) is 22.2. The maximum atomic E-state index is 12.2. The van der Waals surface area contributed by atoms with Gasteiger partial charge in [0.2, 0.25) is 0 Å². The van der Waals surface area contributed by atoms with Crippen molar-refractivity contribution in [2.24, 2.45) is 0 Å². The van der Waals surface area contributed by atoms with Gasteiger partial charge in [0.1, 0.15) is 0 Å². The second kappa shape index (κ2) is 6.80. The molecule has 1 aliphatic rings. The predicted molar refractivity (Wildman–Crippen MR) is 79.2 cm³/mol. The van der Waals surface area contributed by atoms with Gasteiger partial charge in [-0.05, 0) is 36.8 Å². The maximum absolute atomic E-state index is 12.2. The van der Waals surface area contributed by atoms with Crippen LogP contribution in [0.2, 0.25) is 0 Å². The van der Waals surface area contributed by atoms with E-state index in [2.05, 4.69) is 16.6 Å². The summed E-state index contributed by atoms with van der Waals surface area (Å²) in [7, 11) is 1.90. The van der Waals surface area contributed by atoms with Crippen molar-refractivity contribution in [3.05, 3.63) is 30.1 Å². The lowest BCUT2D eigenvalue weighted by Gasteiger charge is -2.29. The molecule has 0 spiro atoms.